The summed E-state index contributed by atoms with van der Waals surface area (Å²) in [6.45, 7) is 7.38. The van der Waals surface area contributed by atoms with Crippen LogP contribution in [-0.2, 0) is 14.6 Å². The fourth-order valence-corrected chi connectivity index (χ4v) is 4.32. The quantitative estimate of drug-likeness (QED) is 0.418. The van der Waals surface area contributed by atoms with Crippen molar-refractivity contribution < 1.29 is 17.9 Å². The van der Waals surface area contributed by atoms with Crippen LogP contribution in [0.4, 0.5) is 4.79 Å². The van der Waals surface area contributed by atoms with Gasteiger partial charge >= 0.3 is 6.09 Å². The van der Waals surface area contributed by atoms with Crippen molar-refractivity contribution in [1.82, 2.24) is 19.9 Å². The van der Waals surface area contributed by atoms with E-state index in [1.165, 1.54) is 6.26 Å². The number of ether oxygens (including phenoxy) is 1. The van der Waals surface area contributed by atoms with Gasteiger partial charge in [0.15, 0.2) is 15.5 Å². The molecule has 0 fully saturated rings. The minimum atomic E-state index is -3.31. The Morgan fingerprint density at radius 2 is 1.74 bits per heavy atom. The highest BCUT2D eigenvalue weighted by atomic mass is 32.2. The number of carbonyl (C=O) groups excluding carboxylic acids is 1. The van der Waals surface area contributed by atoms with Gasteiger partial charge < -0.3 is 10.1 Å². The summed E-state index contributed by atoms with van der Waals surface area (Å²) >= 11 is 0. The third-order valence-electron chi connectivity index (χ3n) is 5.41. The van der Waals surface area contributed by atoms with Gasteiger partial charge in [-0.15, -0.1) is 0 Å². The van der Waals surface area contributed by atoms with Crippen molar-refractivity contribution in [3.63, 3.8) is 0 Å². The van der Waals surface area contributed by atoms with E-state index in [9.17, 15) is 13.2 Å². The lowest BCUT2D eigenvalue weighted by atomic mass is 10.0. The van der Waals surface area contributed by atoms with Gasteiger partial charge in [0.25, 0.3) is 0 Å². The second kappa shape index (κ2) is 9.14. The molecular weight excluding hydrogens is 464 g/mol. The van der Waals surface area contributed by atoms with Crippen molar-refractivity contribution >= 4 is 21.6 Å². The zero-order valence-corrected chi connectivity index (χ0v) is 21.1. The standard InChI is InChI=1S/C26H28N4O4S/c1-17(29-25(31)34-26(2,3)4)18-9-11-19(12-10-18)21-14-27-24-23(15-28-30(24)16-21)20-7-6-8-22(13-20)35(5,32)33/h6-17H,1-5H3,(H,29,31). The minimum absolute atomic E-state index is 0.212. The van der Waals surface area contributed by atoms with Gasteiger partial charge in [-0.25, -0.2) is 22.7 Å². The molecule has 35 heavy (non-hydrogen) atoms. The molecule has 4 aromatic rings. The average Bonchev–Trinajstić information content (AvgIpc) is 3.20. The molecule has 2 heterocycles. The molecule has 2 aromatic carbocycles. The number of nitrogens with one attached hydrogen (secondary N) is 1. The Morgan fingerprint density at radius 3 is 2.40 bits per heavy atom. The van der Waals surface area contributed by atoms with E-state index in [4.69, 9.17) is 4.74 Å². The molecule has 4 rings (SSSR count). The number of hydrogen-bond donors (Lipinski definition) is 1. The predicted octanol–water partition coefficient (Wildman–Crippen LogP) is 5.05. The van der Waals surface area contributed by atoms with Crippen LogP contribution in [0.25, 0.3) is 27.9 Å². The highest BCUT2D eigenvalue weighted by molar-refractivity contribution is 7.90. The molecule has 0 saturated heterocycles. The molecule has 182 valence electrons. The van der Waals surface area contributed by atoms with Crippen molar-refractivity contribution in [3.8, 4) is 22.3 Å². The van der Waals surface area contributed by atoms with Crippen LogP contribution in [0.5, 0.6) is 0 Å². The first kappa shape index (κ1) is 24.4. The second-order valence-corrected chi connectivity index (χ2v) is 11.5. The van der Waals surface area contributed by atoms with Crippen LogP contribution < -0.4 is 5.32 Å². The number of nitrogens with zero attached hydrogens (tertiary/aromatic N) is 3. The first-order valence-electron chi connectivity index (χ1n) is 11.1. The summed E-state index contributed by atoms with van der Waals surface area (Å²) in [6, 6.07) is 14.4. The van der Waals surface area contributed by atoms with Crippen molar-refractivity contribution in [2.45, 2.75) is 44.2 Å². The summed E-state index contributed by atoms with van der Waals surface area (Å²) in [5.74, 6) is 0. The number of carbonyl (C=O) groups is 1. The minimum Gasteiger partial charge on any atom is -0.444 e. The Bertz CT molecular complexity index is 1490. The fraction of sp³-hybridized carbons (Fsp3) is 0.269. The Balaban J connectivity index is 1.55. The molecule has 1 unspecified atom stereocenters. The summed E-state index contributed by atoms with van der Waals surface area (Å²) in [4.78, 5) is 16.9. The topological polar surface area (TPSA) is 103 Å². The number of sulfone groups is 1. The Kier molecular flexibility index (Phi) is 6.38. The Hall–Kier alpha value is -3.72. The predicted molar refractivity (Wildman–Crippen MR) is 135 cm³/mol. The van der Waals surface area contributed by atoms with Crippen LogP contribution in [0, 0.1) is 0 Å². The van der Waals surface area contributed by atoms with Gasteiger partial charge in [0.2, 0.25) is 0 Å². The highest BCUT2D eigenvalue weighted by Gasteiger charge is 2.18. The molecule has 0 aliphatic rings. The van der Waals surface area contributed by atoms with Crippen LogP contribution in [-0.4, -0.2) is 41.0 Å². The first-order valence-corrected chi connectivity index (χ1v) is 13.0. The molecule has 8 nitrogen and oxygen atoms in total. The van der Waals surface area contributed by atoms with Crippen LogP contribution in [0.15, 0.2) is 72.0 Å². The van der Waals surface area contributed by atoms with E-state index < -0.39 is 21.5 Å². The fourth-order valence-electron chi connectivity index (χ4n) is 3.65. The van der Waals surface area contributed by atoms with Gasteiger partial charge in [-0.1, -0.05) is 36.4 Å². The number of rotatable bonds is 5. The SMILES string of the molecule is CC(NC(=O)OC(C)(C)C)c1ccc(-c2cnc3c(-c4cccc(S(C)(=O)=O)c4)cnn3c2)cc1. The summed E-state index contributed by atoms with van der Waals surface area (Å²) < 4.78 is 30.9. The van der Waals surface area contributed by atoms with E-state index in [1.807, 2.05) is 64.2 Å². The number of hydrogen-bond acceptors (Lipinski definition) is 6. The van der Waals surface area contributed by atoms with E-state index in [-0.39, 0.29) is 10.9 Å². The largest absolute Gasteiger partial charge is 0.444 e. The molecule has 0 aliphatic carbocycles. The molecule has 0 spiro atoms. The second-order valence-electron chi connectivity index (χ2n) is 9.46. The zero-order valence-electron chi connectivity index (χ0n) is 20.3. The van der Waals surface area contributed by atoms with Gasteiger partial charge in [0.05, 0.1) is 17.1 Å². The van der Waals surface area contributed by atoms with Crippen LogP contribution >= 0.6 is 0 Å². The summed E-state index contributed by atoms with van der Waals surface area (Å²) in [5, 5.41) is 7.27. The van der Waals surface area contributed by atoms with Gasteiger partial charge in [-0.2, -0.15) is 5.10 Å². The zero-order chi connectivity index (χ0) is 25.4. The normalized spacial score (nSPS) is 12.9. The van der Waals surface area contributed by atoms with E-state index in [1.54, 1.807) is 35.1 Å². The number of fused-ring (bicyclic) bond motifs is 1. The van der Waals surface area contributed by atoms with Gasteiger partial charge in [0.1, 0.15) is 5.60 Å². The number of aromatic nitrogens is 3. The van der Waals surface area contributed by atoms with Crippen molar-refractivity contribution in [2.75, 3.05) is 6.26 Å². The molecule has 2 aromatic heterocycles. The van der Waals surface area contributed by atoms with Crippen molar-refractivity contribution in [3.05, 3.63) is 72.7 Å². The maximum Gasteiger partial charge on any atom is 0.408 e. The molecule has 1 N–H and O–H groups in total. The molecule has 1 atom stereocenters. The third-order valence-corrected chi connectivity index (χ3v) is 6.52. The smallest absolute Gasteiger partial charge is 0.408 e. The van der Waals surface area contributed by atoms with E-state index in [0.29, 0.717) is 5.65 Å². The van der Waals surface area contributed by atoms with Crippen LogP contribution in [0.1, 0.15) is 39.3 Å². The van der Waals surface area contributed by atoms with E-state index in [0.717, 1.165) is 27.8 Å². The van der Waals surface area contributed by atoms with Crippen LogP contribution in [0.2, 0.25) is 0 Å². The van der Waals surface area contributed by atoms with Gasteiger partial charge in [-0.3, -0.25) is 0 Å². The van der Waals surface area contributed by atoms with Gasteiger partial charge in [-0.05, 0) is 56.5 Å². The Labute approximate surface area is 204 Å². The molecule has 0 radical (unpaired) electrons. The molecule has 0 bridgehead atoms. The lowest BCUT2D eigenvalue weighted by Crippen LogP contribution is -2.34. The maximum absolute atomic E-state index is 12.0. The number of benzene rings is 2. The van der Waals surface area contributed by atoms with Crippen LogP contribution in [0.3, 0.4) is 0 Å². The Morgan fingerprint density at radius 1 is 1.03 bits per heavy atom. The lowest BCUT2D eigenvalue weighted by molar-refractivity contribution is 0.0508. The maximum atomic E-state index is 12.0. The first-order chi connectivity index (χ1) is 16.4. The highest BCUT2D eigenvalue weighted by Crippen LogP contribution is 2.28. The molecule has 0 aliphatic heterocycles. The van der Waals surface area contributed by atoms with E-state index in [2.05, 4.69) is 15.4 Å². The van der Waals surface area contributed by atoms with Crippen molar-refractivity contribution in [1.29, 1.82) is 0 Å². The summed E-state index contributed by atoms with van der Waals surface area (Å²) in [7, 11) is -3.31. The van der Waals surface area contributed by atoms with Gasteiger partial charge in [0, 0.05) is 29.8 Å². The van der Waals surface area contributed by atoms with Crippen molar-refractivity contribution in [2.24, 2.45) is 0 Å². The monoisotopic (exact) mass is 492 g/mol. The average molecular weight is 493 g/mol. The lowest BCUT2D eigenvalue weighted by Gasteiger charge is -2.22. The third kappa shape index (κ3) is 5.68. The molecule has 9 heteroatoms. The summed E-state index contributed by atoms with van der Waals surface area (Å²) in [5.41, 5.74) is 4.33. The number of amides is 1. The number of alkyl carbamates (subject to hydrolysis) is 1. The van der Waals surface area contributed by atoms with E-state index >= 15 is 0 Å². The molecular formula is C26H28N4O4S. The summed E-state index contributed by atoms with van der Waals surface area (Å²) in [6.07, 6.45) is 6.05. The molecule has 1 amide bonds. The molecule has 0 saturated carbocycles.